The van der Waals surface area contributed by atoms with Crippen molar-refractivity contribution in [3.8, 4) is 0 Å². The first-order valence-corrected chi connectivity index (χ1v) is 4.44. The van der Waals surface area contributed by atoms with Crippen LogP contribution in [0.25, 0.3) is 0 Å². The Morgan fingerprint density at radius 3 is 2.50 bits per heavy atom. The van der Waals surface area contributed by atoms with Crippen molar-refractivity contribution in [3.05, 3.63) is 12.2 Å². The molecule has 0 radical (unpaired) electrons. The molecule has 0 aromatic heterocycles. The number of hydrogen-bond donors (Lipinski definition) is 0. The van der Waals surface area contributed by atoms with E-state index < -0.39 is 0 Å². The summed E-state index contributed by atoms with van der Waals surface area (Å²) in [4.78, 5) is 0. The van der Waals surface area contributed by atoms with Crippen LogP contribution in [-0.4, -0.2) is 0 Å². The lowest BCUT2D eigenvalue weighted by molar-refractivity contribution is 0.575. The van der Waals surface area contributed by atoms with Crippen LogP contribution in [0, 0.1) is 5.92 Å². The lowest BCUT2D eigenvalue weighted by atomic mass is 10.0. The largest absolute Gasteiger partial charge is 0.0914 e. The molecule has 60 valence electrons. The van der Waals surface area contributed by atoms with E-state index in [1.807, 2.05) is 0 Å². The summed E-state index contributed by atoms with van der Waals surface area (Å²) in [5.41, 5.74) is 0. The Balaban J connectivity index is 3.13. The Hall–Kier alpha value is -0.260. The smallest absolute Gasteiger partial charge is 0.0262 e. The first-order valence-electron chi connectivity index (χ1n) is 4.44. The fourth-order valence-corrected chi connectivity index (χ4v) is 1.14. The lowest BCUT2D eigenvalue weighted by Crippen LogP contribution is -1.88. The van der Waals surface area contributed by atoms with Gasteiger partial charge in [-0.2, -0.15) is 0 Å². The van der Waals surface area contributed by atoms with Gasteiger partial charge in [-0.3, -0.25) is 0 Å². The molecule has 0 nitrogen and oxygen atoms in total. The van der Waals surface area contributed by atoms with Crippen molar-refractivity contribution in [2.75, 3.05) is 0 Å². The first kappa shape index (κ1) is 9.74. The van der Waals surface area contributed by atoms with Gasteiger partial charge in [0.1, 0.15) is 0 Å². The minimum atomic E-state index is 0.788. The van der Waals surface area contributed by atoms with Gasteiger partial charge in [0.2, 0.25) is 0 Å². The highest BCUT2D eigenvalue weighted by Gasteiger charge is 1.94. The Bertz CT molecular complexity index is 82.0. The van der Waals surface area contributed by atoms with E-state index in [0.717, 1.165) is 5.92 Å². The molecule has 0 heteroatoms. The van der Waals surface area contributed by atoms with Crippen molar-refractivity contribution < 1.29 is 0 Å². The maximum atomic E-state index is 2.29. The molecule has 0 spiro atoms. The summed E-state index contributed by atoms with van der Waals surface area (Å²) in [6.45, 7) is 6.63. The second-order valence-corrected chi connectivity index (χ2v) is 3.00. The molecule has 1 atom stereocenters. The molecule has 0 aliphatic rings. The van der Waals surface area contributed by atoms with Gasteiger partial charge in [-0.05, 0) is 19.3 Å². The number of hydrogen-bond acceptors (Lipinski definition) is 0. The molecule has 0 rings (SSSR count). The normalized spacial score (nSPS) is 14.3. The van der Waals surface area contributed by atoms with Crippen molar-refractivity contribution in [1.29, 1.82) is 0 Å². The fraction of sp³-hybridized carbons (Fsp3) is 0.800. The minimum absolute atomic E-state index is 0.788. The van der Waals surface area contributed by atoms with Crippen LogP contribution in [-0.2, 0) is 0 Å². The third-order valence-corrected chi connectivity index (χ3v) is 1.78. The monoisotopic (exact) mass is 140 g/mol. The molecule has 0 fully saturated rings. The SMILES string of the molecule is C/C=C/C(C)CCCCC. The lowest BCUT2D eigenvalue weighted by Gasteiger charge is -2.03. The molecular formula is C10H20. The van der Waals surface area contributed by atoms with Gasteiger partial charge in [-0.25, -0.2) is 0 Å². The highest BCUT2D eigenvalue weighted by Crippen LogP contribution is 2.09. The maximum absolute atomic E-state index is 2.29. The van der Waals surface area contributed by atoms with E-state index >= 15 is 0 Å². The number of allylic oxidation sites excluding steroid dienone is 2. The van der Waals surface area contributed by atoms with Crippen LogP contribution in [0.1, 0.15) is 46.5 Å². The third-order valence-electron chi connectivity index (χ3n) is 1.78. The molecule has 0 bridgehead atoms. The van der Waals surface area contributed by atoms with Crippen LogP contribution >= 0.6 is 0 Å². The highest BCUT2D eigenvalue weighted by molar-refractivity contribution is 4.82. The first-order chi connectivity index (χ1) is 4.81. The van der Waals surface area contributed by atoms with Gasteiger partial charge < -0.3 is 0 Å². The van der Waals surface area contributed by atoms with E-state index in [2.05, 4.69) is 32.9 Å². The summed E-state index contributed by atoms with van der Waals surface area (Å²) in [6.07, 6.45) is 9.91. The Morgan fingerprint density at radius 1 is 1.30 bits per heavy atom. The molecule has 0 aliphatic carbocycles. The van der Waals surface area contributed by atoms with Gasteiger partial charge in [0, 0.05) is 0 Å². The average molecular weight is 140 g/mol. The molecule has 0 heterocycles. The topological polar surface area (TPSA) is 0 Å². The van der Waals surface area contributed by atoms with Crippen LogP contribution in [0.2, 0.25) is 0 Å². The van der Waals surface area contributed by atoms with E-state index in [9.17, 15) is 0 Å². The summed E-state index contributed by atoms with van der Waals surface area (Å²) >= 11 is 0. The van der Waals surface area contributed by atoms with Gasteiger partial charge >= 0.3 is 0 Å². The number of rotatable bonds is 5. The zero-order chi connectivity index (χ0) is 7.82. The van der Waals surface area contributed by atoms with Crippen LogP contribution in [0.5, 0.6) is 0 Å². The Morgan fingerprint density at radius 2 is 2.00 bits per heavy atom. The zero-order valence-electron chi connectivity index (χ0n) is 7.56. The van der Waals surface area contributed by atoms with E-state index in [0.29, 0.717) is 0 Å². The molecule has 0 amide bonds. The maximum Gasteiger partial charge on any atom is -0.0262 e. The van der Waals surface area contributed by atoms with Gasteiger partial charge in [0.15, 0.2) is 0 Å². The molecule has 0 aromatic carbocycles. The Kier molecular flexibility index (Phi) is 6.68. The highest BCUT2D eigenvalue weighted by atomic mass is 14.0. The van der Waals surface area contributed by atoms with Crippen LogP contribution in [0.4, 0.5) is 0 Å². The van der Waals surface area contributed by atoms with Gasteiger partial charge in [0.25, 0.3) is 0 Å². The molecule has 10 heavy (non-hydrogen) atoms. The molecule has 0 N–H and O–H groups in total. The van der Waals surface area contributed by atoms with Crippen molar-refractivity contribution in [1.82, 2.24) is 0 Å². The van der Waals surface area contributed by atoms with Crippen LogP contribution in [0.15, 0.2) is 12.2 Å². The summed E-state index contributed by atoms with van der Waals surface area (Å²) in [5, 5.41) is 0. The molecular weight excluding hydrogens is 120 g/mol. The standard InChI is InChI=1S/C10H20/c1-4-6-7-9-10(3)8-5-2/h5,8,10H,4,6-7,9H2,1-3H3/b8-5+. The quantitative estimate of drug-likeness (QED) is 0.402. The van der Waals surface area contributed by atoms with Crippen LogP contribution in [0.3, 0.4) is 0 Å². The van der Waals surface area contributed by atoms with Crippen molar-refractivity contribution in [2.24, 2.45) is 5.92 Å². The van der Waals surface area contributed by atoms with Gasteiger partial charge in [-0.15, -0.1) is 0 Å². The predicted octanol–water partition coefficient (Wildman–Crippen LogP) is 3.78. The summed E-state index contributed by atoms with van der Waals surface area (Å²) < 4.78 is 0. The van der Waals surface area contributed by atoms with Crippen LogP contribution < -0.4 is 0 Å². The molecule has 0 aromatic rings. The van der Waals surface area contributed by atoms with Gasteiger partial charge in [0.05, 0.1) is 0 Å². The Labute approximate surface area is 65.3 Å². The second-order valence-electron chi connectivity index (χ2n) is 3.00. The van der Waals surface area contributed by atoms with Crippen molar-refractivity contribution in [3.63, 3.8) is 0 Å². The van der Waals surface area contributed by atoms with Gasteiger partial charge in [-0.1, -0.05) is 45.3 Å². The van der Waals surface area contributed by atoms with E-state index in [1.54, 1.807) is 0 Å². The summed E-state index contributed by atoms with van der Waals surface area (Å²) in [6, 6.07) is 0. The number of unbranched alkanes of at least 4 members (excludes halogenated alkanes) is 2. The van der Waals surface area contributed by atoms with Crippen molar-refractivity contribution >= 4 is 0 Å². The second kappa shape index (κ2) is 6.85. The summed E-state index contributed by atoms with van der Waals surface area (Å²) in [7, 11) is 0. The van der Waals surface area contributed by atoms with Crippen molar-refractivity contribution in [2.45, 2.75) is 46.5 Å². The average Bonchev–Trinajstić information content (AvgIpc) is 1.89. The molecule has 0 saturated carbocycles. The fourth-order valence-electron chi connectivity index (χ4n) is 1.14. The van der Waals surface area contributed by atoms with E-state index in [4.69, 9.17) is 0 Å². The predicted molar refractivity (Wildman–Crippen MR) is 48.1 cm³/mol. The van der Waals surface area contributed by atoms with E-state index in [1.165, 1.54) is 25.7 Å². The van der Waals surface area contributed by atoms with E-state index in [-0.39, 0.29) is 0 Å². The zero-order valence-corrected chi connectivity index (χ0v) is 7.56. The molecule has 0 saturated heterocycles. The summed E-state index contributed by atoms with van der Waals surface area (Å²) in [5.74, 6) is 0.788. The third kappa shape index (κ3) is 5.87. The molecule has 1 unspecified atom stereocenters. The molecule has 0 aliphatic heterocycles. The minimum Gasteiger partial charge on any atom is -0.0914 e.